The van der Waals surface area contributed by atoms with Crippen molar-refractivity contribution in [3.05, 3.63) is 18.0 Å². The van der Waals surface area contributed by atoms with Gasteiger partial charge in [-0.25, -0.2) is 0 Å². The van der Waals surface area contributed by atoms with Crippen molar-refractivity contribution in [3.8, 4) is 0 Å². The summed E-state index contributed by atoms with van der Waals surface area (Å²) in [6.07, 6.45) is 4.53. The van der Waals surface area contributed by atoms with Gasteiger partial charge in [0.1, 0.15) is 0 Å². The van der Waals surface area contributed by atoms with Crippen LogP contribution in [0.15, 0.2) is 12.3 Å². The van der Waals surface area contributed by atoms with Crippen LogP contribution in [-0.2, 0) is 13.6 Å². The number of hydrogen-bond donors (Lipinski definition) is 1. The fourth-order valence-electron chi connectivity index (χ4n) is 2.48. The van der Waals surface area contributed by atoms with Crippen LogP contribution in [0.5, 0.6) is 0 Å². The quantitative estimate of drug-likeness (QED) is 0.835. The second-order valence-corrected chi connectivity index (χ2v) is 4.97. The molecule has 0 amide bonds. The van der Waals surface area contributed by atoms with Crippen molar-refractivity contribution < 1.29 is 0 Å². The molecule has 1 fully saturated rings. The minimum atomic E-state index is 0.873. The maximum Gasteiger partial charge on any atom is 0.0521 e. The van der Waals surface area contributed by atoms with Crippen LogP contribution in [0.2, 0.25) is 0 Å². The molecule has 4 heteroatoms. The molecule has 0 saturated carbocycles. The number of hydrogen-bond acceptors (Lipinski definition) is 3. The number of nitrogens with one attached hydrogen (secondary N) is 1. The first-order valence-electron chi connectivity index (χ1n) is 6.69. The lowest BCUT2D eigenvalue weighted by Gasteiger charge is -2.31. The second kappa shape index (κ2) is 6.17. The van der Waals surface area contributed by atoms with E-state index in [9.17, 15) is 0 Å². The third-order valence-corrected chi connectivity index (χ3v) is 3.70. The van der Waals surface area contributed by atoms with Crippen molar-refractivity contribution in [3.63, 3.8) is 0 Å². The first kappa shape index (κ1) is 12.6. The average molecular weight is 236 g/mol. The molecule has 2 rings (SSSR count). The summed E-state index contributed by atoms with van der Waals surface area (Å²) in [6, 6.07) is 2.12. The van der Waals surface area contributed by atoms with Crippen LogP contribution in [0.4, 0.5) is 0 Å². The topological polar surface area (TPSA) is 33.1 Å². The van der Waals surface area contributed by atoms with Crippen molar-refractivity contribution >= 4 is 0 Å². The molecular formula is C13H24N4. The van der Waals surface area contributed by atoms with E-state index < -0.39 is 0 Å². The monoisotopic (exact) mass is 236 g/mol. The first-order valence-corrected chi connectivity index (χ1v) is 6.69. The summed E-state index contributed by atoms with van der Waals surface area (Å²) in [5.74, 6) is 0.873. The molecule has 4 nitrogen and oxygen atoms in total. The average Bonchev–Trinajstić information content (AvgIpc) is 2.74. The standard InChI is InChI=1S/C13H24N4/c1-3-14-10-12-5-8-17(9-6-12)11-13-4-7-15-16(13)2/h4,7,12,14H,3,5-6,8-11H2,1-2H3. The summed E-state index contributed by atoms with van der Waals surface area (Å²) in [6.45, 7) is 7.95. The zero-order valence-electron chi connectivity index (χ0n) is 11.0. The van der Waals surface area contributed by atoms with Crippen LogP contribution in [0.3, 0.4) is 0 Å². The largest absolute Gasteiger partial charge is 0.317 e. The van der Waals surface area contributed by atoms with Gasteiger partial charge in [-0.2, -0.15) is 5.10 Å². The molecule has 96 valence electrons. The van der Waals surface area contributed by atoms with Crippen molar-refractivity contribution in [1.82, 2.24) is 20.0 Å². The predicted octanol–water partition coefficient (Wildman–Crippen LogP) is 1.24. The Hall–Kier alpha value is -0.870. The maximum absolute atomic E-state index is 4.22. The van der Waals surface area contributed by atoms with Gasteiger partial charge in [-0.15, -0.1) is 0 Å². The van der Waals surface area contributed by atoms with Gasteiger partial charge in [0.15, 0.2) is 0 Å². The number of piperidine rings is 1. The Morgan fingerprint density at radius 1 is 1.41 bits per heavy atom. The lowest BCUT2D eigenvalue weighted by atomic mass is 9.96. The summed E-state index contributed by atoms with van der Waals surface area (Å²) >= 11 is 0. The van der Waals surface area contributed by atoms with Crippen LogP contribution in [0, 0.1) is 5.92 Å². The van der Waals surface area contributed by atoms with Gasteiger partial charge < -0.3 is 5.32 Å². The van der Waals surface area contributed by atoms with E-state index >= 15 is 0 Å². The van der Waals surface area contributed by atoms with Gasteiger partial charge in [0, 0.05) is 19.8 Å². The molecule has 1 N–H and O–H groups in total. The minimum Gasteiger partial charge on any atom is -0.317 e. The molecule has 0 unspecified atom stereocenters. The third-order valence-electron chi connectivity index (χ3n) is 3.70. The summed E-state index contributed by atoms with van der Waals surface area (Å²) < 4.78 is 1.98. The molecule has 0 aromatic carbocycles. The summed E-state index contributed by atoms with van der Waals surface area (Å²) in [5, 5.41) is 7.67. The van der Waals surface area contributed by atoms with Crippen molar-refractivity contribution in [2.24, 2.45) is 13.0 Å². The Morgan fingerprint density at radius 3 is 2.76 bits per heavy atom. The highest BCUT2D eigenvalue weighted by molar-refractivity contribution is 4.99. The molecule has 2 heterocycles. The van der Waals surface area contributed by atoms with Crippen LogP contribution in [0.25, 0.3) is 0 Å². The van der Waals surface area contributed by atoms with Crippen molar-refractivity contribution in [1.29, 1.82) is 0 Å². The summed E-state index contributed by atoms with van der Waals surface area (Å²) in [4.78, 5) is 2.54. The molecule has 1 aromatic rings. The van der Waals surface area contributed by atoms with E-state index in [1.807, 2.05) is 17.9 Å². The van der Waals surface area contributed by atoms with E-state index in [0.29, 0.717) is 0 Å². The highest BCUT2D eigenvalue weighted by Gasteiger charge is 2.19. The molecule has 0 radical (unpaired) electrons. The molecule has 0 bridgehead atoms. The van der Waals surface area contributed by atoms with Crippen LogP contribution < -0.4 is 5.32 Å². The highest BCUT2D eigenvalue weighted by Crippen LogP contribution is 2.18. The third kappa shape index (κ3) is 3.54. The van der Waals surface area contributed by atoms with E-state index in [0.717, 1.165) is 19.0 Å². The van der Waals surface area contributed by atoms with Gasteiger partial charge in [-0.3, -0.25) is 9.58 Å². The normalized spacial score (nSPS) is 18.7. The molecule has 0 aliphatic carbocycles. The predicted molar refractivity (Wildman–Crippen MR) is 69.8 cm³/mol. The number of aromatic nitrogens is 2. The molecule has 0 spiro atoms. The minimum absolute atomic E-state index is 0.873. The van der Waals surface area contributed by atoms with E-state index in [1.54, 1.807) is 0 Å². The molecule has 0 atom stereocenters. The van der Waals surface area contributed by atoms with Gasteiger partial charge in [-0.1, -0.05) is 6.92 Å². The molecule has 17 heavy (non-hydrogen) atoms. The first-order chi connectivity index (χ1) is 8.29. The molecule has 1 aliphatic heterocycles. The Morgan fingerprint density at radius 2 is 2.18 bits per heavy atom. The zero-order chi connectivity index (χ0) is 12.1. The van der Waals surface area contributed by atoms with Gasteiger partial charge in [-0.05, 0) is 51.0 Å². The SMILES string of the molecule is CCNCC1CCN(Cc2ccnn2C)CC1. The Labute approximate surface area is 104 Å². The zero-order valence-corrected chi connectivity index (χ0v) is 11.0. The number of nitrogens with zero attached hydrogens (tertiary/aromatic N) is 3. The van der Waals surface area contributed by atoms with Gasteiger partial charge in [0.25, 0.3) is 0 Å². The van der Waals surface area contributed by atoms with E-state index in [4.69, 9.17) is 0 Å². The number of rotatable bonds is 5. The van der Waals surface area contributed by atoms with Gasteiger partial charge >= 0.3 is 0 Å². The maximum atomic E-state index is 4.22. The summed E-state index contributed by atoms with van der Waals surface area (Å²) in [7, 11) is 2.02. The van der Waals surface area contributed by atoms with Crippen molar-refractivity contribution in [2.75, 3.05) is 26.2 Å². The molecule has 1 aromatic heterocycles. The Bertz CT molecular complexity index is 326. The van der Waals surface area contributed by atoms with E-state index in [2.05, 4.69) is 28.3 Å². The number of aryl methyl sites for hydroxylation is 1. The summed E-state index contributed by atoms with van der Waals surface area (Å²) in [5.41, 5.74) is 1.31. The van der Waals surface area contributed by atoms with Gasteiger partial charge in [0.05, 0.1) is 5.69 Å². The fourth-order valence-corrected chi connectivity index (χ4v) is 2.48. The van der Waals surface area contributed by atoms with E-state index in [1.165, 1.54) is 38.2 Å². The smallest absolute Gasteiger partial charge is 0.0521 e. The second-order valence-electron chi connectivity index (χ2n) is 4.97. The Kier molecular flexibility index (Phi) is 4.57. The lowest BCUT2D eigenvalue weighted by Crippen LogP contribution is -2.37. The van der Waals surface area contributed by atoms with Gasteiger partial charge in [0.2, 0.25) is 0 Å². The fraction of sp³-hybridized carbons (Fsp3) is 0.769. The lowest BCUT2D eigenvalue weighted by molar-refractivity contribution is 0.172. The van der Waals surface area contributed by atoms with Crippen LogP contribution >= 0.6 is 0 Å². The van der Waals surface area contributed by atoms with Crippen LogP contribution in [-0.4, -0.2) is 40.9 Å². The van der Waals surface area contributed by atoms with E-state index in [-0.39, 0.29) is 0 Å². The highest BCUT2D eigenvalue weighted by atomic mass is 15.3. The van der Waals surface area contributed by atoms with Crippen LogP contribution in [0.1, 0.15) is 25.5 Å². The Balaban J connectivity index is 1.74. The molecule has 1 saturated heterocycles. The van der Waals surface area contributed by atoms with Crippen molar-refractivity contribution in [2.45, 2.75) is 26.3 Å². The molecular weight excluding hydrogens is 212 g/mol. The number of likely N-dealkylation sites (tertiary alicyclic amines) is 1. The molecule has 1 aliphatic rings.